The fourth-order valence-electron chi connectivity index (χ4n) is 1.65. The highest BCUT2D eigenvalue weighted by atomic mass is 79.9. The van der Waals surface area contributed by atoms with Gasteiger partial charge in [0.2, 0.25) is 0 Å². The predicted octanol–water partition coefficient (Wildman–Crippen LogP) is 2.90. The standard InChI is InChI=1S/C14H11BrClN3O/c1-2-7-19-14(20)13(12(16)9-18-19)17-8-10-5-3-4-6-11(10)15/h1,3-6,9,17H,7-8H2. The Morgan fingerprint density at radius 1 is 1.45 bits per heavy atom. The second kappa shape index (κ2) is 6.60. The maximum absolute atomic E-state index is 12.1. The summed E-state index contributed by atoms with van der Waals surface area (Å²) >= 11 is 9.46. The van der Waals surface area contributed by atoms with Gasteiger partial charge in [0.05, 0.1) is 11.2 Å². The van der Waals surface area contributed by atoms with E-state index < -0.39 is 0 Å². The van der Waals surface area contributed by atoms with Gasteiger partial charge in [-0.15, -0.1) is 6.42 Å². The van der Waals surface area contributed by atoms with Crippen molar-refractivity contribution in [1.82, 2.24) is 9.78 Å². The van der Waals surface area contributed by atoms with Gasteiger partial charge in [0.1, 0.15) is 12.2 Å². The molecule has 1 heterocycles. The van der Waals surface area contributed by atoms with Crippen molar-refractivity contribution in [3.63, 3.8) is 0 Å². The van der Waals surface area contributed by atoms with Crippen molar-refractivity contribution in [2.45, 2.75) is 13.1 Å². The van der Waals surface area contributed by atoms with Crippen molar-refractivity contribution in [2.75, 3.05) is 5.32 Å². The number of halogens is 2. The van der Waals surface area contributed by atoms with Gasteiger partial charge in [-0.05, 0) is 11.6 Å². The van der Waals surface area contributed by atoms with Gasteiger partial charge >= 0.3 is 0 Å². The lowest BCUT2D eigenvalue weighted by Gasteiger charge is -2.10. The van der Waals surface area contributed by atoms with Crippen LogP contribution in [0.5, 0.6) is 0 Å². The summed E-state index contributed by atoms with van der Waals surface area (Å²) in [6.07, 6.45) is 6.60. The summed E-state index contributed by atoms with van der Waals surface area (Å²) in [7, 11) is 0. The van der Waals surface area contributed by atoms with E-state index in [1.807, 2.05) is 24.3 Å². The van der Waals surface area contributed by atoms with Crippen LogP contribution in [0.1, 0.15) is 5.56 Å². The van der Waals surface area contributed by atoms with Gasteiger partial charge in [-0.1, -0.05) is 51.7 Å². The normalized spacial score (nSPS) is 10.1. The largest absolute Gasteiger partial charge is 0.375 e. The van der Waals surface area contributed by atoms with Gasteiger partial charge in [-0.2, -0.15) is 5.10 Å². The molecule has 0 fully saturated rings. The molecule has 4 nitrogen and oxygen atoms in total. The monoisotopic (exact) mass is 351 g/mol. The molecule has 0 saturated carbocycles. The first kappa shape index (κ1) is 14.6. The number of benzene rings is 1. The highest BCUT2D eigenvalue weighted by Gasteiger charge is 2.09. The Kier molecular flexibility index (Phi) is 4.83. The molecule has 102 valence electrons. The van der Waals surface area contributed by atoms with Crippen LogP contribution in [0, 0.1) is 12.3 Å². The smallest absolute Gasteiger partial charge is 0.292 e. The molecule has 2 rings (SSSR count). The number of terminal acetylenes is 1. The molecule has 1 aromatic heterocycles. The molecule has 1 N–H and O–H groups in total. The van der Waals surface area contributed by atoms with E-state index in [4.69, 9.17) is 18.0 Å². The Labute approximate surface area is 129 Å². The Morgan fingerprint density at radius 2 is 2.20 bits per heavy atom. The van der Waals surface area contributed by atoms with Crippen LogP contribution in [0.4, 0.5) is 5.69 Å². The highest BCUT2D eigenvalue weighted by molar-refractivity contribution is 9.10. The fraction of sp³-hybridized carbons (Fsp3) is 0.143. The van der Waals surface area contributed by atoms with Crippen LogP contribution in [-0.2, 0) is 13.1 Å². The second-order valence-corrected chi connectivity index (χ2v) is 5.24. The molecule has 0 aliphatic carbocycles. The summed E-state index contributed by atoms with van der Waals surface area (Å²) in [6, 6.07) is 7.73. The SMILES string of the molecule is C#CCn1ncc(Cl)c(NCc2ccccc2Br)c1=O. The Balaban J connectivity index is 2.26. The molecule has 1 aromatic carbocycles. The number of nitrogens with zero attached hydrogens (tertiary/aromatic N) is 2. The molecular formula is C14H11BrClN3O. The molecule has 0 radical (unpaired) electrons. The molecule has 0 bridgehead atoms. The Bertz CT molecular complexity index is 721. The first-order chi connectivity index (χ1) is 9.63. The van der Waals surface area contributed by atoms with E-state index in [1.165, 1.54) is 10.9 Å². The minimum Gasteiger partial charge on any atom is -0.375 e. The Hall–Kier alpha value is -1.77. The zero-order valence-corrected chi connectivity index (χ0v) is 12.8. The number of aromatic nitrogens is 2. The van der Waals surface area contributed by atoms with Gasteiger partial charge in [0.15, 0.2) is 0 Å². The Morgan fingerprint density at radius 3 is 2.90 bits per heavy atom. The van der Waals surface area contributed by atoms with Gasteiger partial charge in [0.25, 0.3) is 5.56 Å². The summed E-state index contributed by atoms with van der Waals surface area (Å²) in [5, 5.41) is 7.19. The minimum atomic E-state index is -0.331. The number of hydrogen-bond donors (Lipinski definition) is 1. The quantitative estimate of drug-likeness (QED) is 0.861. The molecule has 0 amide bonds. The lowest BCUT2D eigenvalue weighted by atomic mass is 10.2. The van der Waals surface area contributed by atoms with Crippen molar-refractivity contribution in [2.24, 2.45) is 0 Å². The van der Waals surface area contributed by atoms with Crippen LogP contribution in [0.15, 0.2) is 39.7 Å². The molecular weight excluding hydrogens is 342 g/mol. The number of hydrogen-bond acceptors (Lipinski definition) is 3. The molecule has 0 atom stereocenters. The van der Waals surface area contributed by atoms with Crippen LogP contribution in [0.2, 0.25) is 5.02 Å². The summed E-state index contributed by atoms with van der Waals surface area (Å²) in [5.41, 5.74) is 0.985. The van der Waals surface area contributed by atoms with E-state index in [0.29, 0.717) is 12.2 Å². The van der Waals surface area contributed by atoms with Crippen LogP contribution in [0.3, 0.4) is 0 Å². The highest BCUT2D eigenvalue weighted by Crippen LogP contribution is 2.19. The molecule has 2 aromatic rings. The minimum absolute atomic E-state index is 0.111. The van der Waals surface area contributed by atoms with E-state index in [0.717, 1.165) is 10.0 Å². The first-order valence-corrected chi connectivity index (χ1v) is 6.97. The lowest BCUT2D eigenvalue weighted by Crippen LogP contribution is -2.25. The van der Waals surface area contributed by atoms with E-state index in [-0.39, 0.29) is 17.1 Å². The average molecular weight is 353 g/mol. The third-order valence-corrected chi connectivity index (χ3v) is 3.71. The van der Waals surface area contributed by atoms with Crippen molar-refractivity contribution < 1.29 is 0 Å². The maximum atomic E-state index is 12.1. The van der Waals surface area contributed by atoms with E-state index in [1.54, 1.807) is 0 Å². The van der Waals surface area contributed by atoms with Crippen LogP contribution in [0.25, 0.3) is 0 Å². The molecule has 0 aliphatic heterocycles. The fourth-order valence-corrected chi connectivity index (χ4v) is 2.27. The second-order valence-electron chi connectivity index (χ2n) is 3.98. The summed E-state index contributed by atoms with van der Waals surface area (Å²) < 4.78 is 2.15. The maximum Gasteiger partial charge on any atom is 0.292 e. The van der Waals surface area contributed by atoms with Crippen molar-refractivity contribution in [3.05, 3.63) is 55.9 Å². The van der Waals surface area contributed by atoms with E-state index in [9.17, 15) is 4.79 Å². The molecule has 0 saturated heterocycles. The van der Waals surface area contributed by atoms with E-state index in [2.05, 4.69) is 32.3 Å². The zero-order chi connectivity index (χ0) is 14.5. The summed E-state index contributed by atoms with van der Waals surface area (Å²) in [4.78, 5) is 12.1. The van der Waals surface area contributed by atoms with Crippen molar-refractivity contribution in [1.29, 1.82) is 0 Å². The number of anilines is 1. The third kappa shape index (κ3) is 3.21. The summed E-state index contributed by atoms with van der Waals surface area (Å²) in [5.74, 6) is 2.38. The first-order valence-electron chi connectivity index (χ1n) is 5.80. The third-order valence-electron chi connectivity index (χ3n) is 2.65. The van der Waals surface area contributed by atoms with Crippen LogP contribution >= 0.6 is 27.5 Å². The van der Waals surface area contributed by atoms with Gasteiger partial charge in [-0.3, -0.25) is 4.79 Å². The average Bonchev–Trinajstić information content (AvgIpc) is 2.44. The van der Waals surface area contributed by atoms with Gasteiger partial charge in [-0.25, -0.2) is 4.68 Å². The van der Waals surface area contributed by atoms with E-state index >= 15 is 0 Å². The molecule has 20 heavy (non-hydrogen) atoms. The molecule has 0 spiro atoms. The van der Waals surface area contributed by atoms with Crippen LogP contribution < -0.4 is 10.9 Å². The number of rotatable bonds is 4. The van der Waals surface area contributed by atoms with Gasteiger partial charge < -0.3 is 5.32 Å². The van der Waals surface area contributed by atoms with Crippen LogP contribution in [-0.4, -0.2) is 9.78 Å². The number of nitrogens with one attached hydrogen (secondary N) is 1. The summed E-state index contributed by atoms with van der Waals surface area (Å²) in [6.45, 7) is 0.580. The lowest BCUT2D eigenvalue weighted by molar-refractivity contribution is 0.664. The molecule has 0 unspecified atom stereocenters. The molecule has 0 aliphatic rings. The topological polar surface area (TPSA) is 46.9 Å². The molecule has 6 heteroatoms. The zero-order valence-electron chi connectivity index (χ0n) is 10.4. The van der Waals surface area contributed by atoms with Crippen molar-refractivity contribution >= 4 is 33.2 Å². The predicted molar refractivity (Wildman–Crippen MR) is 83.8 cm³/mol. The van der Waals surface area contributed by atoms with Gasteiger partial charge in [0, 0.05) is 11.0 Å². The van der Waals surface area contributed by atoms with Crippen molar-refractivity contribution in [3.8, 4) is 12.3 Å².